The zero-order chi connectivity index (χ0) is 25.2. The van der Waals surface area contributed by atoms with Crippen LogP contribution in [-0.2, 0) is 25.7 Å². The molecule has 2 aromatic rings. The van der Waals surface area contributed by atoms with Gasteiger partial charge in [0.15, 0.2) is 0 Å². The van der Waals surface area contributed by atoms with E-state index in [9.17, 15) is 26.4 Å². The molecular formula is C24H27F3N2O5S. The van der Waals surface area contributed by atoms with Crippen molar-refractivity contribution in [1.29, 1.82) is 0 Å². The lowest BCUT2D eigenvalue weighted by molar-refractivity contribution is -0.141. The lowest BCUT2D eigenvalue weighted by Crippen LogP contribution is -2.44. The highest BCUT2D eigenvalue weighted by Crippen LogP contribution is 2.41. The van der Waals surface area contributed by atoms with Gasteiger partial charge in [0, 0.05) is 13.0 Å². The van der Waals surface area contributed by atoms with Crippen LogP contribution in [0.1, 0.15) is 42.7 Å². The minimum absolute atomic E-state index is 0.0137. The quantitative estimate of drug-likeness (QED) is 0.588. The van der Waals surface area contributed by atoms with Crippen molar-refractivity contribution in [2.24, 2.45) is 0 Å². The van der Waals surface area contributed by atoms with Gasteiger partial charge >= 0.3 is 12.1 Å². The number of nitrogens with one attached hydrogen (secondary N) is 1. The summed E-state index contributed by atoms with van der Waals surface area (Å²) in [7, 11) is -3.11. The van der Waals surface area contributed by atoms with Crippen LogP contribution in [0.25, 0.3) is 0 Å². The smallest absolute Gasteiger partial charge is 0.416 e. The fraction of sp³-hybridized carbons (Fsp3) is 0.458. The highest BCUT2D eigenvalue weighted by atomic mass is 32.2. The molecule has 2 heterocycles. The largest absolute Gasteiger partial charge is 0.486 e. The van der Waals surface area contributed by atoms with E-state index in [1.807, 2.05) is 6.07 Å². The molecule has 0 radical (unpaired) electrons. The van der Waals surface area contributed by atoms with Crippen LogP contribution < -0.4 is 14.4 Å². The summed E-state index contributed by atoms with van der Waals surface area (Å²) in [6.07, 6.45) is -3.23. The number of hydrogen-bond acceptors (Lipinski definition) is 6. The van der Waals surface area contributed by atoms with Crippen molar-refractivity contribution in [1.82, 2.24) is 5.32 Å². The molecule has 35 heavy (non-hydrogen) atoms. The zero-order valence-electron chi connectivity index (χ0n) is 19.2. The number of piperidine rings is 1. The summed E-state index contributed by atoms with van der Waals surface area (Å²) in [5.41, 5.74) is 0.160. The molecule has 0 spiro atoms. The van der Waals surface area contributed by atoms with Gasteiger partial charge in [0.2, 0.25) is 0 Å². The molecule has 1 unspecified atom stereocenters. The number of ether oxygens (including phenoxy) is 2. The maximum atomic E-state index is 13.7. The average molecular weight is 513 g/mol. The molecule has 11 heteroatoms. The molecule has 4 rings (SSSR count). The number of anilines is 1. The summed E-state index contributed by atoms with van der Waals surface area (Å²) in [4.78, 5) is 11.2. The second-order valence-corrected chi connectivity index (χ2v) is 10.5. The molecular weight excluding hydrogens is 485 g/mol. The Morgan fingerprint density at radius 2 is 2.03 bits per heavy atom. The molecule has 0 bridgehead atoms. The first-order valence-electron chi connectivity index (χ1n) is 11.4. The molecule has 0 saturated carbocycles. The van der Waals surface area contributed by atoms with Crippen molar-refractivity contribution >= 4 is 21.7 Å². The molecule has 1 fully saturated rings. The van der Waals surface area contributed by atoms with E-state index < -0.39 is 38.7 Å². The monoisotopic (exact) mass is 512 g/mol. The Bertz CT molecular complexity index is 1180. The van der Waals surface area contributed by atoms with E-state index in [1.165, 1.54) is 7.11 Å². The van der Waals surface area contributed by atoms with Gasteiger partial charge in [0.05, 0.1) is 29.8 Å². The van der Waals surface area contributed by atoms with E-state index in [1.54, 1.807) is 12.1 Å². The summed E-state index contributed by atoms with van der Waals surface area (Å²) < 4.78 is 78.9. The number of sulfonamides is 1. The molecule has 7 nitrogen and oxygen atoms in total. The van der Waals surface area contributed by atoms with Crippen LogP contribution in [0.5, 0.6) is 5.75 Å². The minimum atomic E-state index is -4.68. The Hall–Kier alpha value is -2.79. The van der Waals surface area contributed by atoms with Crippen molar-refractivity contribution in [2.75, 3.05) is 31.0 Å². The maximum absolute atomic E-state index is 13.7. The minimum Gasteiger partial charge on any atom is -0.486 e. The van der Waals surface area contributed by atoms with Gasteiger partial charge in [-0.3, -0.25) is 9.10 Å². The van der Waals surface area contributed by atoms with Gasteiger partial charge in [-0.2, -0.15) is 13.2 Å². The number of nitrogens with zero attached hydrogens (tertiary/aromatic N) is 1. The Morgan fingerprint density at radius 1 is 1.23 bits per heavy atom. The van der Waals surface area contributed by atoms with Crippen LogP contribution in [0.3, 0.4) is 0 Å². The van der Waals surface area contributed by atoms with E-state index in [4.69, 9.17) is 4.74 Å². The number of methoxy groups -OCH3 is 1. The van der Waals surface area contributed by atoms with Crippen molar-refractivity contribution < 1.29 is 35.9 Å². The fourth-order valence-corrected chi connectivity index (χ4v) is 5.98. The number of benzene rings is 2. The summed E-state index contributed by atoms with van der Waals surface area (Å²) >= 11 is 0. The lowest BCUT2D eigenvalue weighted by atomic mass is 9.91. The fourth-order valence-electron chi connectivity index (χ4n) is 4.44. The molecule has 1 saturated heterocycles. The number of halogens is 3. The van der Waals surface area contributed by atoms with Crippen LogP contribution in [-0.4, -0.2) is 47.2 Å². The standard InChI is InChI=1S/C24H27F3N2O5S/c1-33-23(30)10-8-19-15-29(35(31,32)20-6-2-5-18(13-20)24(25,26)27)21-12-16(7-9-22(21)34-19)17-4-3-11-28-14-17/h2,5-7,9,12-13,17,19,28H,3-4,8,10-11,14-15H2,1H3/t17?,19-/m0/s1. The average Bonchev–Trinajstić information content (AvgIpc) is 2.86. The molecule has 2 aliphatic heterocycles. The molecule has 2 aliphatic rings. The van der Waals surface area contributed by atoms with Gasteiger partial charge in [0.1, 0.15) is 11.9 Å². The molecule has 0 amide bonds. The summed E-state index contributed by atoms with van der Waals surface area (Å²) in [6, 6.07) is 9.03. The first kappa shape index (κ1) is 25.3. The number of carbonyl (C=O) groups excluding carboxylic acids is 1. The van der Waals surface area contributed by atoms with E-state index in [0.717, 1.165) is 54.0 Å². The third-order valence-corrected chi connectivity index (χ3v) is 8.11. The summed E-state index contributed by atoms with van der Waals surface area (Å²) in [6.45, 7) is 1.53. The van der Waals surface area contributed by atoms with Crippen LogP contribution in [0.4, 0.5) is 18.9 Å². The SMILES string of the molecule is COC(=O)CC[C@H]1CN(S(=O)(=O)c2cccc(C(F)(F)F)c2)c2cc(C3CCCNC3)ccc2O1. The first-order chi connectivity index (χ1) is 16.6. The van der Waals surface area contributed by atoms with Crippen LogP contribution in [0, 0.1) is 0 Å². The van der Waals surface area contributed by atoms with Crippen LogP contribution in [0.15, 0.2) is 47.4 Å². The van der Waals surface area contributed by atoms with Crippen LogP contribution >= 0.6 is 0 Å². The molecule has 2 aromatic carbocycles. The third-order valence-electron chi connectivity index (χ3n) is 6.33. The number of rotatable bonds is 6. The lowest BCUT2D eigenvalue weighted by Gasteiger charge is -2.36. The second kappa shape index (κ2) is 10.1. The number of alkyl halides is 3. The van der Waals surface area contributed by atoms with E-state index >= 15 is 0 Å². The summed E-state index contributed by atoms with van der Waals surface area (Å²) in [5, 5.41) is 3.33. The van der Waals surface area contributed by atoms with Crippen molar-refractivity contribution in [3.05, 3.63) is 53.6 Å². The highest BCUT2D eigenvalue weighted by molar-refractivity contribution is 7.92. The van der Waals surface area contributed by atoms with Gasteiger partial charge in [-0.05, 0) is 67.6 Å². The maximum Gasteiger partial charge on any atom is 0.416 e. The molecule has 190 valence electrons. The third kappa shape index (κ3) is 5.56. The summed E-state index contributed by atoms with van der Waals surface area (Å²) in [5.74, 6) is 0.0187. The van der Waals surface area contributed by atoms with E-state index in [-0.39, 0.29) is 31.0 Å². The molecule has 0 aliphatic carbocycles. The Balaban J connectivity index is 1.73. The van der Waals surface area contributed by atoms with Crippen molar-refractivity contribution in [3.63, 3.8) is 0 Å². The van der Waals surface area contributed by atoms with Crippen molar-refractivity contribution in [2.45, 2.75) is 48.8 Å². The number of hydrogen-bond donors (Lipinski definition) is 1. The predicted molar refractivity (Wildman–Crippen MR) is 123 cm³/mol. The second-order valence-electron chi connectivity index (χ2n) is 8.69. The Labute approximate surface area is 202 Å². The zero-order valence-corrected chi connectivity index (χ0v) is 20.0. The van der Waals surface area contributed by atoms with Gasteiger partial charge in [-0.1, -0.05) is 12.1 Å². The number of esters is 1. The van der Waals surface area contributed by atoms with Gasteiger partial charge < -0.3 is 14.8 Å². The first-order valence-corrected chi connectivity index (χ1v) is 12.8. The van der Waals surface area contributed by atoms with Crippen molar-refractivity contribution in [3.8, 4) is 5.75 Å². The number of fused-ring (bicyclic) bond motifs is 1. The Kier molecular flexibility index (Phi) is 7.27. The molecule has 1 N–H and O–H groups in total. The topological polar surface area (TPSA) is 84.9 Å². The van der Waals surface area contributed by atoms with Gasteiger partial charge in [-0.25, -0.2) is 8.42 Å². The molecule has 2 atom stereocenters. The van der Waals surface area contributed by atoms with Gasteiger partial charge in [-0.15, -0.1) is 0 Å². The predicted octanol–water partition coefficient (Wildman–Crippen LogP) is 4.08. The van der Waals surface area contributed by atoms with E-state index in [2.05, 4.69) is 10.1 Å². The number of carbonyl (C=O) groups is 1. The van der Waals surface area contributed by atoms with E-state index in [0.29, 0.717) is 11.8 Å². The Morgan fingerprint density at radius 3 is 2.71 bits per heavy atom. The molecule has 0 aromatic heterocycles. The van der Waals surface area contributed by atoms with Gasteiger partial charge in [0.25, 0.3) is 10.0 Å². The normalized spacial score (nSPS) is 20.6. The van der Waals surface area contributed by atoms with Crippen LogP contribution in [0.2, 0.25) is 0 Å². The highest BCUT2D eigenvalue weighted by Gasteiger charge is 2.37.